The molecule has 0 fully saturated rings. The first-order valence-electron chi connectivity index (χ1n) is 2.61. The van der Waals surface area contributed by atoms with Gasteiger partial charge in [-0.05, 0) is 6.08 Å². The van der Waals surface area contributed by atoms with Gasteiger partial charge in [0.05, 0.1) is 0 Å². The quantitative estimate of drug-likeness (QED) is 0.431. The van der Waals surface area contributed by atoms with Crippen LogP contribution in [-0.4, -0.2) is 19.5 Å². The summed E-state index contributed by atoms with van der Waals surface area (Å²) in [6.07, 6.45) is 4.20. The Kier molecular flexibility index (Phi) is 4.40. The molecule has 0 saturated carbocycles. The Morgan fingerprint density at radius 3 is 2.89 bits per heavy atom. The lowest BCUT2D eigenvalue weighted by atomic mass is 10.3. The Hall–Kier alpha value is -1.12. The van der Waals surface area contributed by atoms with E-state index in [1.54, 1.807) is 19.3 Å². The van der Waals surface area contributed by atoms with Gasteiger partial charge in [-0.25, -0.2) is 0 Å². The molecule has 0 atom stereocenters. The lowest BCUT2D eigenvalue weighted by Crippen LogP contribution is -1.97. The van der Waals surface area contributed by atoms with Gasteiger partial charge in [0.2, 0.25) is 0 Å². The summed E-state index contributed by atoms with van der Waals surface area (Å²) in [7, 11) is 1.64. The van der Waals surface area contributed by atoms with Crippen LogP contribution in [0.5, 0.6) is 0 Å². The monoisotopic (exact) mass is 126 g/mol. The lowest BCUT2D eigenvalue weighted by Gasteiger charge is -1.87. The maximum Gasteiger partial charge on any atom is 0.125 e. The summed E-state index contributed by atoms with van der Waals surface area (Å²) in [6, 6.07) is 0. The van der Waals surface area contributed by atoms with Crippen LogP contribution in [0.25, 0.3) is 0 Å². The molecule has 0 rings (SSSR count). The topological polar surface area (TPSA) is 55.4 Å². The molecule has 3 heteroatoms. The molecule has 0 aliphatic rings. The van der Waals surface area contributed by atoms with E-state index < -0.39 is 0 Å². The highest BCUT2D eigenvalue weighted by molar-refractivity contribution is 5.73. The molecule has 0 saturated heterocycles. The van der Waals surface area contributed by atoms with Crippen molar-refractivity contribution in [2.45, 2.75) is 6.42 Å². The van der Waals surface area contributed by atoms with Crippen LogP contribution in [-0.2, 0) is 4.79 Å². The van der Waals surface area contributed by atoms with Crippen LogP contribution in [0.1, 0.15) is 6.42 Å². The summed E-state index contributed by atoms with van der Waals surface area (Å²) in [5.74, 6) is 0. The number of aldehydes is 1. The average Bonchev–Trinajstić information content (AvgIpc) is 1.85. The van der Waals surface area contributed by atoms with Crippen LogP contribution in [0.3, 0.4) is 0 Å². The van der Waals surface area contributed by atoms with Crippen LogP contribution in [0.15, 0.2) is 16.8 Å². The van der Waals surface area contributed by atoms with Gasteiger partial charge in [-0.2, -0.15) is 0 Å². The van der Waals surface area contributed by atoms with Crippen molar-refractivity contribution in [3.05, 3.63) is 11.8 Å². The van der Waals surface area contributed by atoms with E-state index >= 15 is 0 Å². The number of allylic oxidation sites excluding steroid dienone is 2. The van der Waals surface area contributed by atoms with E-state index in [2.05, 4.69) is 4.99 Å². The van der Waals surface area contributed by atoms with E-state index in [-0.39, 0.29) is 6.42 Å². The summed E-state index contributed by atoms with van der Waals surface area (Å²) in [5, 5.41) is 0. The average molecular weight is 126 g/mol. The van der Waals surface area contributed by atoms with Gasteiger partial charge in [-0.1, -0.05) is 0 Å². The molecule has 50 valence electrons. The van der Waals surface area contributed by atoms with Crippen molar-refractivity contribution in [2.75, 3.05) is 7.05 Å². The van der Waals surface area contributed by atoms with E-state index in [0.717, 1.165) is 6.29 Å². The summed E-state index contributed by atoms with van der Waals surface area (Å²) in [6.45, 7) is 0. The third kappa shape index (κ3) is 4.74. The van der Waals surface area contributed by atoms with Gasteiger partial charge >= 0.3 is 0 Å². The first-order valence-corrected chi connectivity index (χ1v) is 2.61. The Bertz CT molecular complexity index is 138. The number of nitrogens with zero attached hydrogens (tertiary/aromatic N) is 1. The summed E-state index contributed by atoms with van der Waals surface area (Å²) in [4.78, 5) is 13.5. The minimum Gasteiger partial charge on any atom is -0.402 e. The number of rotatable bonds is 3. The van der Waals surface area contributed by atoms with Gasteiger partial charge in [0, 0.05) is 25.4 Å². The van der Waals surface area contributed by atoms with E-state index in [1.807, 2.05) is 0 Å². The van der Waals surface area contributed by atoms with Crippen molar-refractivity contribution in [2.24, 2.45) is 10.7 Å². The Labute approximate surface area is 54.3 Å². The fourth-order valence-electron chi connectivity index (χ4n) is 0.335. The molecular weight excluding hydrogens is 116 g/mol. The molecule has 0 unspecified atom stereocenters. The molecule has 0 heterocycles. The molecule has 0 bridgehead atoms. The van der Waals surface area contributed by atoms with E-state index in [9.17, 15) is 4.79 Å². The Morgan fingerprint density at radius 2 is 2.44 bits per heavy atom. The standard InChI is InChI=1S/C6H10N2O/c1-8-4-2-6(7)3-5-9/h2,4-5H,3,7H2,1H3/b6-2-,8-4?. The second-order valence-corrected chi connectivity index (χ2v) is 1.52. The minimum absolute atomic E-state index is 0.284. The highest BCUT2D eigenvalue weighted by Crippen LogP contribution is 1.84. The normalized spacial score (nSPS) is 12.3. The number of aliphatic imine (C=N–C) groups is 1. The summed E-state index contributed by atoms with van der Waals surface area (Å²) < 4.78 is 0. The van der Waals surface area contributed by atoms with Gasteiger partial charge < -0.3 is 10.5 Å². The largest absolute Gasteiger partial charge is 0.402 e. The molecule has 2 N–H and O–H groups in total. The molecule has 0 aromatic rings. The summed E-state index contributed by atoms with van der Waals surface area (Å²) in [5.41, 5.74) is 5.85. The molecule has 0 aliphatic carbocycles. The fraction of sp³-hybridized carbons (Fsp3) is 0.333. The Balaban J connectivity index is 3.68. The van der Waals surface area contributed by atoms with Gasteiger partial charge in [-0.3, -0.25) is 4.99 Å². The molecule has 9 heavy (non-hydrogen) atoms. The van der Waals surface area contributed by atoms with Crippen LogP contribution in [0, 0.1) is 0 Å². The predicted octanol–water partition coefficient (Wildman–Crippen LogP) is 0.119. The third-order valence-corrected chi connectivity index (χ3v) is 0.757. The smallest absolute Gasteiger partial charge is 0.125 e. The second kappa shape index (κ2) is 5.03. The lowest BCUT2D eigenvalue weighted by molar-refractivity contribution is -0.107. The molecule has 0 radical (unpaired) electrons. The van der Waals surface area contributed by atoms with Gasteiger partial charge in [0.15, 0.2) is 0 Å². The third-order valence-electron chi connectivity index (χ3n) is 0.757. The van der Waals surface area contributed by atoms with Crippen molar-refractivity contribution in [1.29, 1.82) is 0 Å². The van der Waals surface area contributed by atoms with Crippen LogP contribution >= 0.6 is 0 Å². The number of hydrogen-bond donors (Lipinski definition) is 1. The van der Waals surface area contributed by atoms with Crippen molar-refractivity contribution in [1.82, 2.24) is 0 Å². The molecule has 3 nitrogen and oxygen atoms in total. The Morgan fingerprint density at radius 1 is 1.78 bits per heavy atom. The minimum atomic E-state index is 0.284. The predicted molar refractivity (Wildman–Crippen MR) is 37.4 cm³/mol. The van der Waals surface area contributed by atoms with E-state index in [4.69, 9.17) is 5.73 Å². The zero-order valence-corrected chi connectivity index (χ0v) is 5.37. The summed E-state index contributed by atoms with van der Waals surface area (Å²) >= 11 is 0. The molecule has 0 amide bonds. The molecular formula is C6H10N2O. The van der Waals surface area contributed by atoms with Crippen LogP contribution in [0.4, 0.5) is 0 Å². The first-order chi connectivity index (χ1) is 4.31. The molecule has 0 aromatic carbocycles. The van der Waals surface area contributed by atoms with Gasteiger partial charge in [0.25, 0.3) is 0 Å². The van der Waals surface area contributed by atoms with Crippen LogP contribution in [0.2, 0.25) is 0 Å². The van der Waals surface area contributed by atoms with Crippen LogP contribution < -0.4 is 5.73 Å². The second-order valence-electron chi connectivity index (χ2n) is 1.52. The van der Waals surface area contributed by atoms with Gasteiger partial charge in [0.1, 0.15) is 6.29 Å². The highest BCUT2D eigenvalue weighted by Gasteiger charge is 1.82. The number of nitrogens with two attached hydrogens (primary N) is 1. The number of carbonyl (C=O) groups is 1. The number of hydrogen-bond acceptors (Lipinski definition) is 3. The van der Waals surface area contributed by atoms with E-state index in [0.29, 0.717) is 5.70 Å². The van der Waals surface area contributed by atoms with E-state index in [1.165, 1.54) is 0 Å². The van der Waals surface area contributed by atoms with Crippen molar-refractivity contribution in [3.63, 3.8) is 0 Å². The molecule has 0 aromatic heterocycles. The van der Waals surface area contributed by atoms with Crippen molar-refractivity contribution < 1.29 is 4.79 Å². The SMILES string of the molecule is CN=C/C=C(\N)CC=O. The molecule has 0 aliphatic heterocycles. The van der Waals surface area contributed by atoms with Crippen molar-refractivity contribution in [3.8, 4) is 0 Å². The highest BCUT2D eigenvalue weighted by atomic mass is 16.1. The first kappa shape index (κ1) is 7.88. The maximum absolute atomic E-state index is 9.81. The fourth-order valence-corrected chi connectivity index (χ4v) is 0.335. The van der Waals surface area contributed by atoms with Gasteiger partial charge in [-0.15, -0.1) is 0 Å². The zero-order valence-electron chi connectivity index (χ0n) is 5.37. The van der Waals surface area contributed by atoms with Crippen molar-refractivity contribution >= 4 is 12.5 Å². The molecule has 0 spiro atoms. The number of carbonyl (C=O) groups excluding carboxylic acids is 1. The maximum atomic E-state index is 9.81. The zero-order chi connectivity index (χ0) is 7.11.